The van der Waals surface area contributed by atoms with E-state index in [1.165, 1.54) is 0 Å². The lowest BCUT2D eigenvalue weighted by Gasteiger charge is -2.24. The van der Waals surface area contributed by atoms with Gasteiger partial charge in [-0.3, -0.25) is 9.59 Å². The van der Waals surface area contributed by atoms with Gasteiger partial charge in [-0.25, -0.2) is 0 Å². The highest BCUT2D eigenvalue weighted by atomic mass is 16.5. The Morgan fingerprint density at radius 3 is 2.52 bits per heavy atom. The summed E-state index contributed by atoms with van der Waals surface area (Å²) in [5.41, 5.74) is 2.35. The molecule has 0 unspecified atom stereocenters. The molecule has 0 aliphatic carbocycles. The molecular weight excluding hydrogens is 316 g/mol. The van der Waals surface area contributed by atoms with Crippen molar-refractivity contribution < 1.29 is 14.3 Å². The van der Waals surface area contributed by atoms with Crippen molar-refractivity contribution in [3.8, 4) is 5.75 Å². The molecule has 1 N–H and O–H groups in total. The second-order valence-electron chi connectivity index (χ2n) is 7.04. The fourth-order valence-electron chi connectivity index (χ4n) is 2.77. The Morgan fingerprint density at radius 2 is 1.84 bits per heavy atom. The van der Waals surface area contributed by atoms with Crippen LogP contribution in [0.2, 0.25) is 0 Å². The summed E-state index contributed by atoms with van der Waals surface area (Å²) in [6.45, 7) is 6.01. The molecule has 2 aromatic rings. The van der Waals surface area contributed by atoms with E-state index in [0.717, 1.165) is 5.56 Å². The zero-order valence-corrected chi connectivity index (χ0v) is 14.9. The van der Waals surface area contributed by atoms with Crippen LogP contribution in [0.15, 0.2) is 42.5 Å². The van der Waals surface area contributed by atoms with Gasteiger partial charge in [0.25, 0.3) is 5.91 Å². The van der Waals surface area contributed by atoms with Gasteiger partial charge in [0, 0.05) is 18.3 Å². The fraction of sp³-hybridized carbons (Fsp3) is 0.300. The molecule has 2 amide bonds. The molecule has 1 aliphatic heterocycles. The van der Waals surface area contributed by atoms with Crippen LogP contribution in [-0.2, 0) is 4.79 Å². The number of anilines is 2. The number of carbonyl (C=O) groups excluding carboxylic acids is 2. The SMILES string of the molecule is Cc1ccc(C(=O)Nc2ccc3c(c2)N(C)C(=O)C(C)(C)CO3)cc1. The number of nitrogens with one attached hydrogen (secondary N) is 1. The third-order valence-corrected chi connectivity index (χ3v) is 4.36. The topological polar surface area (TPSA) is 58.6 Å². The minimum absolute atomic E-state index is 0.0201. The first-order valence-corrected chi connectivity index (χ1v) is 8.21. The molecule has 0 aromatic heterocycles. The molecule has 3 rings (SSSR count). The molecule has 5 nitrogen and oxygen atoms in total. The first-order chi connectivity index (χ1) is 11.8. The fourth-order valence-corrected chi connectivity index (χ4v) is 2.77. The van der Waals surface area contributed by atoms with Crippen LogP contribution in [0.4, 0.5) is 11.4 Å². The lowest BCUT2D eigenvalue weighted by atomic mass is 9.93. The van der Waals surface area contributed by atoms with Gasteiger partial charge in [0.15, 0.2) is 0 Å². The van der Waals surface area contributed by atoms with E-state index in [0.29, 0.717) is 29.3 Å². The number of ether oxygens (including phenoxy) is 1. The van der Waals surface area contributed by atoms with Crippen LogP contribution >= 0.6 is 0 Å². The molecular formula is C20H22N2O3. The first kappa shape index (κ1) is 17.0. The zero-order valence-electron chi connectivity index (χ0n) is 14.9. The standard InChI is InChI=1S/C20H22N2O3/c1-13-5-7-14(8-6-13)18(23)21-15-9-10-17-16(11-15)22(4)19(24)20(2,3)12-25-17/h5-11H,12H2,1-4H3,(H,21,23). The minimum atomic E-state index is -0.598. The van der Waals surface area contributed by atoms with Crippen LogP contribution in [0.3, 0.4) is 0 Å². The van der Waals surface area contributed by atoms with Crippen molar-refractivity contribution in [2.24, 2.45) is 5.41 Å². The number of nitrogens with zero attached hydrogens (tertiary/aromatic N) is 1. The predicted octanol–water partition coefficient (Wildman–Crippen LogP) is 3.63. The Morgan fingerprint density at radius 1 is 1.16 bits per heavy atom. The van der Waals surface area contributed by atoms with E-state index in [1.54, 1.807) is 42.3 Å². The van der Waals surface area contributed by atoms with E-state index in [9.17, 15) is 9.59 Å². The summed E-state index contributed by atoms with van der Waals surface area (Å²) in [7, 11) is 1.73. The van der Waals surface area contributed by atoms with Gasteiger partial charge in [0.2, 0.25) is 5.91 Å². The van der Waals surface area contributed by atoms with Crippen molar-refractivity contribution in [2.45, 2.75) is 20.8 Å². The third kappa shape index (κ3) is 3.36. The average Bonchev–Trinajstić information content (AvgIpc) is 2.66. The van der Waals surface area contributed by atoms with E-state index in [2.05, 4.69) is 5.32 Å². The molecule has 0 saturated heterocycles. The molecule has 1 heterocycles. The molecule has 2 aromatic carbocycles. The lowest BCUT2D eigenvalue weighted by molar-refractivity contribution is -0.127. The minimum Gasteiger partial charge on any atom is -0.490 e. The van der Waals surface area contributed by atoms with Gasteiger partial charge in [-0.15, -0.1) is 0 Å². The van der Waals surface area contributed by atoms with E-state index in [4.69, 9.17) is 4.74 Å². The average molecular weight is 338 g/mol. The molecule has 1 aliphatic rings. The number of amides is 2. The van der Waals surface area contributed by atoms with Crippen LogP contribution in [0.25, 0.3) is 0 Å². The third-order valence-electron chi connectivity index (χ3n) is 4.36. The molecule has 0 fully saturated rings. The molecule has 5 heteroatoms. The molecule has 0 spiro atoms. The number of hydrogen-bond acceptors (Lipinski definition) is 3. The van der Waals surface area contributed by atoms with E-state index in [-0.39, 0.29) is 11.8 Å². The van der Waals surface area contributed by atoms with Crippen LogP contribution in [0.5, 0.6) is 5.75 Å². The summed E-state index contributed by atoms with van der Waals surface area (Å²) >= 11 is 0. The van der Waals surface area contributed by atoms with Gasteiger partial charge < -0.3 is 15.0 Å². The van der Waals surface area contributed by atoms with Crippen molar-refractivity contribution >= 4 is 23.2 Å². The summed E-state index contributed by atoms with van der Waals surface area (Å²) in [5, 5.41) is 2.87. The number of carbonyl (C=O) groups is 2. The predicted molar refractivity (Wildman–Crippen MR) is 98.3 cm³/mol. The Hall–Kier alpha value is -2.82. The number of benzene rings is 2. The maximum Gasteiger partial charge on any atom is 0.255 e. The second-order valence-corrected chi connectivity index (χ2v) is 7.04. The van der Waals surface area contributed by atoms with Crippen molar-refractivity contribution in [3.63, 3.8) is 0 Å². The Kier molecular flexibility index (Phi) is 4.25. The van der Waals surface area contributed by atoms with Gasteiger partial charge in [-0.05, 0) is 51.1 Å². The highest BCUT2D eigenvalue weighted by Crippen LogP contribution is 2.37. The smallest absolute Gasteiger partial charge is 0.255 e. The van der Waals surface area contributed by atoms with Crippen molar-refractivity contribution in [3.05, 3.63) is 53.6 Å². The van der Waals surface area contributed by atoms with Crippen molar-refractivity contribution in [1.29, 1.82) is 0 Å². The van der Waals surface area contributed by atoms with Crippen LogP contribution in [0, 0.1) is 12.3 Å². The second kappa shape index (κ2) is 6.24. The van der Waals surface area contributed by atoms with Gasteiger partial charge in [0.05, 0.1) is 11.1 Å². The molecule has 0 radical (unpaired) electrons. The number of rotatable bonds is 2. The van der Waals surface area contributed by atoms with Gasteiger partial charge in [-0.1, -0.05) is 17.7 Å². The summed E-state index contributed by atoms with van der Waals surface area (Å²) in [5.74, 6) is 0.423. The van der Waals surface area contributed by atoms with Gasteiger partial charge >= 0.3 is 0 Å². The van der Waals surface area contributed by atoms with Gasteiger partial charge in [0.1, 0.15) is 12.4 Å². The Labute approximate surface area is 147 Å². The van der Waals surface area contributed by atoms with E-state index < -0.39 is 5.41 Å². The maximum absolute atomic E-state index is 12.6. The summed E-state index contributed by atoms with van der Waals surface area (Å²) in [6.07, 6.45) is 0. The normalized spacial score (nSPS) is 15.8. The molecule has 0 atom stereocenters. The summed E-state index contributed by atoms with van der Waals surface area (Å²) < 4.78 is 5.79. The number of fused-ring (bicyclic) bond motifs is 1. The van der Waals surface area contributed by atoms with Crippen molar-refractivity contribution in [1.82, 2.24) is 0 Å². The van der Waals surface area contributed by atoms with Crippen LogP contribution in [-0.4, -0.2) is 25.5 Å². The molecule has 130 valence electrons. The lowest BCUT2D eigenvalue weighted by Crippen LogP contribution is -2.39. The zero-order chi connectivity index (χ0) is 18.2. The molecule has 0 bridgehead atoms. The number of hydrogen-bond donors (Lipinski definition) is 1. The summed E-state index contributed by atoms with van der Waals surface area (Å²) in [6, 6.07) is 12.7. The van der Waals surface area contributed by atoms with E-state index in [1.807, 2.05) is 32.9 Å². The maximum atomic E-state index is 12.6. The van der Waals surface area contributed by atoms with E-state index >= 15 is 0 Å². The Balaban J connectivity index is 1.86. The highest BCUT2D eigenvalue weighted by Gasteiger charge is 2.36. The van der Waals surface area contributed by atoms with Crippen LogP contribution in [0.1, 0.15) is 29.8 Å². The molecule has 25 heavy (non-hydrogen) atoms. The summed E-state index contributed by atoms with van der Waals surface area (Å²) in [4.78, 5) is 26.5. The van der Waals surface area contributed by atoms with Crippen molar-refractivity contribution in [2.75, 3.05) is 23.9 Å². The van der Waals surface area contributed by atoms with Crippen LogP contribution < -0.4 is 15.0 Å². The first-order valence-electron chi connectivity index (χ1n) is 8.21. The number of aryl methyl sites for hydroxylation is 1. The quantitative estimate of drug-likeness (QED) is 0.910. The Bertz CT molecular complexity index is 825. The monoisotopic (exact) mass is 338 g/mol. The molecule has 0 saturated carbocycles. The largest absolute Gasteiger partial charge is 0.490 e. The van der Waals surface area contributed by atoms with Gasteiger partial charge in [-0.2, -0.15) is 0 Å². The highest BCUT2D eigenvalue weighted by molar-refractivity contribution is 6.05.